The Morgan fingerprint density at radius 1 is 1.86 bits per heavy atom. The number of thiazole rings is 1. The minimum absolute atomic E-state index is 0.225. The molecule has 0 amide bonds. The van der Waals surface area contributed by atoms with Crippen molar-refractivity contribution in [2.75, 3.05) is 12.3 Å². The number of carbonyl (C=O) groups is 1. The Morgan fingerprint density at radius 2 is 2.50 bits per heavy atom. The van der Waals surface area contributed by atoms with Gasteiger partial charge >= 0.3 is 5.97 Å². The van der Waals surface area contributed by atoms with Crippen LogP contribution in [-0.2, 0) is 15.1 Å². The minimum atomic E-state index is -1.66. The van der Waals surface area contributed by atoms with Crippen molar-refractivity contribution in [1.82, 2.24) is 4.98 Å². The molecular weight excluding hydrogens is 204 g/mol. The third kappa shape index (κ3) is 2.02. The van der Waals surface area contributed by atoms with Crippen LogP contribution in [0.5, 0.6) is 0 Å². The van der Waals surface area contributed by atoms with E-state index in [2.05, 4.69) is 4.98 Å². The Balaban J connectivity index is 2.89. The SMILES string of the molecule is CCOC(=O)C(C)(O)c1cnc(N)s1. The molecule has 1 unspecified atom stereocenters. The smallest absolute Gasteiger partial charge is 0.343 e. The van der Waals surface area contributed by atoms with Gasteiger partial charge in [0.15, 0.2) is 10.7 Å². The van der Waals surface area contributed by atoms with Gasteiger partial charge < -0.3 is 15.6 Å². The number of hydrogen-bond acceptors (Lipinski definition) is 6. The molecule has 0 fully saturated rings. The normalized spacial score (nSPS) is 14.8. The van der Waals surface area contributed by atoms with Crippen LogP contribution in [0, 0.1) is 0 Å². The second-order valence-electron chi connectivity index (χ2n) is 2.86. The molecule has 78 valence electrons. The predicted octanol–water partition coefficient (Wildman–Crippen LogP) is 0.496. The highest BCUT2D eigenvalue weighted by molar-refractivity contribution is 7.15. The number of nitrogens with two attached hydrogens (primary N) is 1. The molecule has 1 rings (SSSR count). The number of ether oxygens (including phenoxy) is 1. The monoisotopic (exact) mass is 216 g/mol. The van der Waals surface area contributed by atoms with E-state index in [4.69, 9.17) is 10.5 Å². The molecule has 0 aromatic carbocycles. The molecule has 1 aromatic rings. The van der Waals surface area contributed by atoms with Crippen LogP contribution in [0.15, 0.2) is 6.20 Å². The summed E-state index contributed by atoms with van der Waals surface area (Å²) in [6.07, 6.45) is 1.37. The van der Waals surface area contributed by atoms with Gasteiger partial charge in [0.25, 0.3) is 0 Å². The number of nitrogen functional groups attached to an aromatic ring is 1. The molecule has 0 aliphatic heterocycles. The van der Waals surface area contributed by atoms with Crippen LogP contribution in [0.2, 0.25) is 0 Å². The zero-order chi connectivity index (χ0) is 10.8. The van der Waals surface area contributed by atoms with Gasteiger partial charge in [0.1, 0.15) is 0 Å². The average Bonchev–Trinajstić information content (AvgIpc) is 2.52. The van der Waals surface area contributed by atoms with Crippen LogP contribution in [0.1, 0.15) is 18.7 Å². The van der Waals surface area contributed by atoms with Crippen molar-refractivity contribution in [2.24, 2.45) is 0 Å². The van der Waals surface area contributed by atoms with E-state index in [0.717, 1.165) is 11.3 Å². The molecule has 1 atom stereocenters. The summed E-state index contributed by atoms with van der Waals surface area (Å²) in [4.78, 5) is 15.5. The van der Waals surface area contributed by atoms with Crippen molar-refractivity contribution in [2.45, 2.75) is 19.4 Å². The van der Waals surface area contributed by atoms with E-state index in [-0.39, 0.29) is 6.61 Å². The van der Waals surface area contributed by atoms with E-state index in [1.165, 1.54) is 13.1 Å². The number of rotatable bonds is 3. The molecule has 0 spiro atoms. The van der Waals surface area contributed by atoms with Gasteiger partial charge in [-0.25, -0.2) is 9.78 Å². The minimum Gasteiger partial charge on any atom is -0.464 e. The standard InChI is InChI=1S/C8H12N2O3S/c1-3-13-6(11)8(2,12)5-4-10-7(9)14-5/h4,12H,3H2,1-2H3,(H2,9,10). The van der Waals surface area contributed by atoms with Crippen molar-refractivity contribution in [3.05, 3.63) is 11.1 Å². The van der Waals surface area contributed by atoms with E-state index in [0.29, 0.717) is 10.0 Å². The molecule has 0 saturated carbocycles. The fourth-order valence-corrected chi connectivity index (χ4v) is 1.60. The van der Waals surface area contributed by atoms with Crippen molar-refractivity contribution >= 4 is 22.4 Å². The van der Waals surface area contributed by atoms with Crippen LogP contribution >= 0.6 is 11.3 Å². The number of aromatic nitrogens is 1. The fraction of sp³-hybridized carbons (Fsp3) is 0.500. The third-order valence-corrected chi connectivity index (χ3v) is 2.71. The molecular formula is C8H12N2O3S. The van der Waals surface area contributed by atoms with Gasteiger partial charge in [-0.3, -0.25) is 0 Å². The third-order valence-electron chi connectivity index (χ3n) is 1.68. The second kappa shape index (κ2) is 3.93. The quantitative estimate of drug-likeness (QED) is 0.718. The number of hydrogen-bond donors (Lipinski definition) is 2. The number of aliphatic hydroxyl groups is 1. The highest BCUT2D eigenvalue weighted by Gasteiger charge is 2.36. The van der Waals surface area contributed by atoms with Crippen molar-refractivity contribution in [3.8, 4) is 0 Å². The summed E-state index contributed by atoms with van der Waals surface area (Å²) in [6.45, 7) is 3.26. The first kappa shape index (κ1) is 10.9. The predicted molar refractivity (Wildman–Crippen MR) is 52.7 cm³/mol. The van der Waals surface area contributed by atoms with Gasteiger partial charge in [0.2, 0.25) is 0 Å². The Kier molecular flexibility index (Phi) is 3.07. The summed E-state index contributed by atoms with van der Waals surface area (Å²) >= 11 is 1.06. The molecule has 5 nitrogen and oxygen atoms in total. The van der Waals surface area contributed by atoms with Gasteiger partial charge in [-0.05, 0) is 13.8 Å². The highest BCUT2D eigenvalue weighted by Crippen LogP contribution is 2.28. The van der Waals surface area contributed by atoms with E-state index in [9.17, 15) is 9.90 Å². The molecule has 6 heteroatoms. The van der Waals surface area contributed by atoms with E-state index in [1.54, 1.807) is 6.92 Å². The molecule has 0 radical (unpaired) electrons. The maximum Gasteiger partial charge on any atom is 0.343 e. The summed E-state index contributed by atoms with van der Waals surface area (Å²) in [6, 6.07) is 0. The number of nitrogens with zero attached hydrogens (tertiary/aromatic N) is 1. The first-order valence-corrected chi connectivity index (χ1v) is 4.91. The fourth-order valence-electron chi connectivity index (χ4n) is 0.885. The Labute approximate surface area is 85.5 Å². The molecule has 1 aromatic heterocycles. The molecule has 3 N–H and O–H groups in total. The molecule has 14 heavy (non-hydrogen) atoms. The van der Waals surface area contributed by atoms with Gasteiger partial charge in [-0.1, -0.05) is 11.3 Å². The largest absolute Gasteiger partial charge is 0.464 e. The molecule has 1 heterocycles. The van der Waals surface area contributed by atoms with Crippen LogP contribution in [0.4, 0.5) is 5.13 Å². The van der Waals surface area contributed by atoms with Crippen molar-refractivity contribution < 1.29 is 14.6 Å². The maximum atomic E-state index is 11.3. The lowest BCUT2D eigenvalue weighted by molar-refractivity contribution is -0.163. The summed E-state index contributed by atoms with van der Waals surface area (Å²) in [5, 5.41) is 10.1. The van der Waals surface area contributed by atoms with Crippen molar-refractivity contribution in [1.29, 1.82) is 0 Å². The highest BCUT2D eigenvalue weighted by atomic mass is 32.1. The van der Waals surface area contributed by atoms with Crippen LogP contribution in [0.3, 0.4) is 0 Å². The average molecular weight is 216 g/mol. The lowest BCUT2D eigenvalue weighted by atomic mass is 10.1. The second-order valence-corrected chi connectivity index (χ2v) is 3.92. The molecule has 0 saturated heterocycles. The van der Waals surface area contributed by atoms with Gasteiger partial charge in [-0.15, -0.1) is 0 Å². The topological polar surface area (TPSA) is 85.4 Å². The van der Waals surface area contributed by atoms with Crippen molar-refractivity contribution in [3.63, 3.8) is 0 Å². The van der Waals surface area contributed by atoms with E-state index in [1.807, 2.05) is 0 Å². The summed E-state index contributed by atoms with van der Waals surface area (Å²) in [5.41, 5.74) is 3.73. The number of carbonyl (C=O) groups excluding carboxylic acids is 1. The molecule has 0 aliphatic carbocycles. The first-order valence-electron chi connectivity index (χ1n) is 4.10. The maximum absolute atomic E-state index is 11.3. The number of esters is 1. The van der Waals surface area contributed by atoms with Crippen LogP contribution in [0.25, 0.3) is 0 Å². The summed E-state index contributed by atoms with van der Waals surface area (Å²) in [5.74, 6) is -0.691. The van der Waals surface area contributed by atoms with Gasteiger partial charge in [0, 0.05) is 6.20 Å². The number of anilines is 1. The Morgan fingerprint density at radius 3 is 2.93 bits per heavy atom. The summed E-state index contributed by atoms with van der Waals surface area (Å²) < 4.78 is 4.72. The zero-order valence-corrected chi connectivity index (χ0v) is 8.80. The lowest BCUT2D eigenvalue weighted by Gasteiger charge is -2.18. The zero-order valence-electron chi connectivity index (χ0n) is 7.98. The lowest BCUT2D eigenvalue weighted by Crippen LogP contribution is -2.33. The van der Waals surface area contributed by atoms with E-state index >= 15 is 0 Å². The van der Waals surface area contributed by atoms with Crippen LogP contribution < -0.4 is 5.73 Å². The van der Waals surface area contributed by atoms with E-state index < -0.39 is 11.6 Å². The Bertz CT molecular complexity index is 335. The molecule has 0 bridgehead atoms. The molecule has 0 aliphatic rings. The van der Waals surface area contributed by atoms with Gasteiger partial charge in [-0.2, -0.15) is 0 Å². The Hall–Kier alpha value is -1.14. The van der Waals surface area contributed by atoms with Crippen LogP contribution in [-0.4, -0.2) is 22.7 Å². The first-order chi connectivity index (χ1) is 6.48. The summed E-state index contributed by atoms with van der Waals surface area (Å²) in [7, 11) is 0. The van der Waals surface area contributed by atoms with Gasteiger partial charge in [0.05, 0.1) is 11.5 Å².